The summed E-state index contributed by atoms with van der Waals surface area (Å²) in [5.74, 6) is -3.54. The van der Waals surface area contributed by atoms with Crippen molar-refractivity contribution in [3.63, 3.8) is 0 Å². The van der Waals surface area contributed by atoms with E-state index < -0.39 is 34.9 Å². The lowest BCUT2D eigenvalue weighted by atomic mass is 10.0. The van der Waals surface area contributed by atoms with Gasteiger partial charge in [-0.2, -0.15) is 0 Å². The molecule has 2 aromatic carbocycles. The number of nitrogens with two attached hydrogens (primary N) is 1. The van der Waals surface area contributed by atoms with Crippen LogP contribution >= 0.6 is 0 Å². The van der Waals surface area contributed by atoms with E-state index in [0.717, 1.165) is 17.8 Å². The van der Waals surface area contributed by atoms with Gasteiger partial charge in [0.1, 0.15) is 23.2 Å². The van der Waals surface area contributed by atoms with Gasteiger partial charge in [-0.25, -0.2) is 8.78 Å². The van der Waals surface area contributed by atoms with Crippen LogP contribution in [-0.4, -0.2) is 22.8 Å². The first kappa shape index (κ1) is 18.2. The number of carbonyl (C=O) groups is 2. The maximum Gasteiger partial charge on any atom is 0.257 e. The summed E-state index contributed by atoms with van der Waals surface area (Å²) >= 11 is 0. The van der Waals surface area contributed by atoms with E-state index in [1.165, 1.54) is 0 Å². The van der Waals surface area contributed by atoms with Crippen LogP contribution in [0.25, 0.3) is 10.9 Å². The van der Waals surface area contributed by atoms with Gasteiger partial charge in [0, 0.05) is 18.7 Å². The third-order valence-electron chi connectivity index (χ3n) is 4.08. The normalized spacial score (nSPS) is 11.9. The van der Waals surface area contributed by atoms with Gasteiger partial charge in [0.05, 0.1) is 10.9 Å². The predicted octanol–water partition coefficient (Wildman–Crippen LogP) is 1.63. The molecule has 1 unspecified atom stereocenters. The largest absolute Gasteiger partial charge is 0.368 e. The Morgan fingerprint density at radius 1 is 1.15 bits per heavy atom. The molecule has 1 aromatic heterocycles. The highest BCUT2D eigenvalue weighted by Gasteiger charge is 2.22. The maximum atomic E-state index is 13.7. The Bertz CT molecular complexity index is 1080. The molecule has 0 aliphatic heterocycles. The fourth-order valence-corrected chi connectivity index (χ4v) is 2.73. The molecule has 0 aliphatic carbocycles. The molecule has 3 rings (SSSR count). The van der Waals surface area contributed by atoms with Crippen LogP contribution in [-0.2, 0) is 11.2 Å². The van der Waals surface area contributed by atoms with Crippen LogP contribution in [0.2, 0.25) is 0 Å². The van der Waals surface area contributed by atoms with Gasteiger partial charge >= 0.3 is 0 Å². The van der Waals surface area contributed by atoms with E-state index in [1.807, 2.05) is 0 Å². The average Bonchev–Trinajstić information content (AvgIpc) is 2.62. The minimum absolute atomic E-state index is 0.136. The lowest BCUT2D eigenvalue weighted by Gasteiger charge is -2.15. The number of nitrogens with one attached hydrogen (secondary N) is 2. The molecule has 3 aromatic rings. The first-order chi connectivity index (χ1) is 12.9. The van der Waals surface area contributed by atoms with Crippen LogP contribution < -0.4 is 16.5 Å². The van der Waals surface area contributed by atoms with Gasteiger partial charge in [-0.15, -0.1) is 0 Å². The highest BCUT2D eigenvalue weighted by molar-refractivity contribution is 5.99. The number of aromatic amines is 1. The predicted molar refractivity (Wildman–Crippen MR) is 95.1 cm³/mol. The molecule has 0 saturated heterocycles. The smallest absolute Gasteiger partial charge is 0.257 e. The number of pyridine rings is 1. The Balaban J connectivity index is 1.91. The Labute approximate surface area is 152 Å². The van der Waals surface area contributed by atoms with E-state index in [2.05, 4.69) is 10.3 Å². The van der Waals surface area contributed by atoms with E-state index in [1.54, 1.807) is 30.3 Å². The minimum atomic E-state index is -1.06. The van der Waals surface area contributed by atoms with Crippen LogP contribution in [0.5, 0.6) is 0 Å². The monoisotopic (exact) mass is 371 g/mol. The summed E-state index contributed by atoms with van der Waals surface area (Å²) in [6.45, 7) is 0. The fourth-order valence-electron chi connectivity index (χ4n) is 2.73. The molecular formula is C19H15F2N3O3. The Morgan fingerprint density at radius 3 is 2.52 bits per heavy atom. The molecule has 1 atom stereocenters. The second kappa shape index (κ2) is 7.36. The third kappa shape index (κ3) is 3.84. The first-order valence-electron chi connectivity index (χ1n) is 8.01. The number of hydrogen-bond donors (Lipinski definition) is 3. The Morgan fingerprint density at radius 2 is 1.85 bits per heavy atom. The van der Waals surface area contributed by atoms with E-state index in [0.29, 0.717) is 6.07 Å². The van der Waals surface area contributed by atoms with E-state index in [9.17, 15) is 23.2 Å². The molecule has 27 heavy (non-hydrogen) atoms. The highest BCUT2D eigenvalue weighted by atomic mass is 19.1. The van der Waals surface area contributed by atoms with Crippen LogP contribution in [0.15, 0.2) is 53.5 Å². The first-order valence-corrected chi connectivity index (χ1v) is 8.01. The molecule has 4 N–H and O–H groups in total. The van der Waals surface area contributed by atoms with Gasteiger partial charge < -0.3 is 16.0 Å². The molecular weight excluding hydrogens is 356 g/mol. The van der Waals surface area contributed by atoms with Crippen LogP contribution in [0.4, 0.5) is 8.78 Å². The summed E-state index contributed by atoms with van der Waals surface area (Å²) in [6, 6.07) is 9.27. The molecule has 2 amide bonds. The number of carbonyl (C=O) groups excluding carboxylic acids is 2. The quantitative estimate of drug-likeness (QED) is 0.635. The lowest BCUT2D eigenvalue weighted by molar-refractivity contribution is -0.119. The Hall–Kier alpha value is -3.55. The van der Waals surface area contributed by atoms with Crippen molar-refractivity contribution in [1.82, 2.24) is 10.3 Å². The summed E-state index contributed by atoms with van der Waals surface area (Å²) in [7, 11) is 0. The molecule has 0 saturated carbocycles. The lowest BCUT2D eigenvalue weighted by Crippen LogP contribution is -2.46. The van der Waals surface area contributed by atoms with Crippen LogP contribution in [0, 0.1) is 11.6 Å². The zero-order valence-corrected chi connectivity index (χ0v) is 14.0. The summed E-state index contributed by atoms with van der Waals surface area (Å²) < 4.78 is 27.2. The third-order valence-corrected chi connectivity index (χ3v) is 4.08. The number of benzene rings is 2. The molecule has 138 valence electrons. The molecule has 6 nitrogen and oxygen atoms in total. The van der Waals surface area contributed by atoms with Gasteiger partial charge in [-0.1, -0.05) is 30.3 Å². The van der Waals surface area contributed by atoms with Crippen LogP contribution in [0.3, 0.4) is 0 Å². The van der Waals surface area contributed by atoms with Gasteiger partial charge in [-0.3, -0.25) is 14.4 Å². The van der Waals surface area contributed by atoms with E-state index in [-0.39, 0.29) is 22.9 Å². The molecule has 0 spiro atoms. The van der Waals surface area contributed by atoms with Gasteiger partial charge in [0.15, 0.2) is 0 Å². The van der Waals surface area contributed by atoms with Crippen molar-refractivity contribution in [2.75, 3.05) is 0 Å². The van der Waals surface area contributed by atoms with Crippen molar-refractivity contribution in [3.05, 3.63) is 81.6 Å². The van der Waals surface area contributed by atoms with Crippen molar-refractivity contribution in [2.45, 2.75) is 12.5 Å². The number of aromatic nitrogens is 1. The molecule has 0 bridgehead atoms. The van der Waals surface area contributed by atoms with Crippen molar-refractivity contribution >= 4 is 22.7 Å². The standard InChI is InChI=1S/C19H15F2N3O3/c20-11-7-12-16(14(21)8-11)23-9-13(17(12)25)19(27)24-15(18(22)26)6-10-4-2-1-3-5-10/h1-5,7-9,15H,6H2,(H2,22,26)(H,23,25)(H,24,27). The summed E-state index contributed by atoms with van der Waals surface area (Å²) in [5, 5.41) is 2.09. The number of amides is 2. The highest BCUT2D eigenvalue weighted by Crippen LogP contribution is 2.15. The van der Waals surface area contributed by atoms with Gasteiger partial charge in [-0.05, 0) is 11.6 Å². The zero-order chi connectivity index (χ0) is 19.6. The molecule has 8 heteroatoms. The summed E-state index contributed by atoms with van der Waals surface area (Å²) in [5.41, 5.74) is 4.65. The molecule has 0 fully saturated rings. The number of primary amides is 1. The van der Waals surface area contributed by atoms with Crippen molar-refractivity contribution < 1.29 is 18.4 Å². The zero-order valence-electron chi connectivity index (χ0n) is 14.0. The molecule has 0 radical (unpaired) electrons. The fraction of sp³-hybridized carbons (Fsp3) is 0.105. The van der Waals surface area contributed by atoms with Crippen molar-refractivity contribution in [1.29, 1.82) is 0 Å². The second-order valence-corrected chi connectivity index (χ2v) is 5.96. The number of hydrogen-bond acceptors (Lipinski definition) is 3. The molecule has 0 aliphatic rings. The minimum Gasteiger partial charge on any atom is -0.368 e. The number of halogens is 2. The topological polar surface area (TPSA) is 105 Å². The Kier molecular flexibility index (Phi) is 4.98. The van der Waals surface area contributed by atoms with Crippen LogP contribution in [0.1, 0.15) is 15.9 Å². The van der Waals surface area contributed by atoms with E-state index in [4.69, 9.17) is 5.73 Å². The van der Waals surface area contributed by atoms with E-state index >= 15 is 0 Å². The SMILES string of the molecule is NC(=O)C(Cc1ccccc1)NC(=O)c1c[nH]c2c(F)cc(F)cc2c1=O. The summed E-state index contributed by atoms with van der Waals surface area (Å²) in [6.07, 6.45) is 1.15. The van der Waals surface area contributed by atoms with Gasteiger partial charge in [0.25, 0.3) is 5.91 Å². The summed E-state index contributed by atoms with van der Waals surface area (Å²) in [4.78, 5) is 39.1. The molecule has 1 heterocycles. The maximum absolute atomic E-state index is 13.7. The van der Waals surface area contributed by atoms with Gasteiger partial charge in [0.2, 0.25) is 11.3 Å². The number of fused-ring (bicyclic) bond motifs is 1. The average molecular weight is 371 g/mol. The van der Waals surface area contributed by atoms with Crippen molar-refractivity contribution in [3.8, 4) is 0 Å². The second-order valence-electron chi connectivity index (χ2n) is 5.96. The van der Waals surface area contributed by atoms with Crippen molar-refractivity contribution in [2.24, 2.45) is 5.73 Å². The number of rotatable bonds is 5. The number of H-pyrrole nitrogens is 1.